The summed E-state index contributed by atoms with van der Waals surface area (Å²) in [6.07, 6.45) is 3.85. The van der Waals surface area contributed by atoms with Crippen LogP contribution in [0.3, 0.4) is 0 Å². The highest BCUT2D eigenvalue weighted by Gasteiger charge is 2.29. The van der Waals surface area contributed by atoms with Crippen molar-refractivity contribution in [2.75, 3.05) is 31.1 Å². The molecule has 1 aromatic heterocycles. The molecule has 2 atom stereocenters. The highest BCUT2D eigenvalue weighted by molar-refractivity contribution is 5.80. The lowest BCUT2D eigenvalue weighted by molar-refractivity contribution is -0.125. The monoisotopic (exact) mass is 460 g/mol. The molecule has 0 saturated carbocycles. The third-order valence-electron chi connectivity index (χ3n) is 6.92. The van der Waals surface area contributed by atoms with Gasteiger partial charge in [-0.05, 0) is 50.3 Å². The second-order valence-corrected chi connectivity index (χ2v) is 9.47. The molecule has 1 amide bonds. The Bertz CT molecular complexity index is 1210. The van der Waals surface area contributed by atoms with Crippen molar-refractivity contribution in [3.63, 3.8) is 0 Å². The van der Waals surface area contributed by atoms with Crippen molar-refractivity contribution in [1.29, 1.82) is 0 Å². The first-order valence-corrected chi connectivity index (χ1v) is 12.3. The summed E-state index contributed by atoms with van der Waals surface area (Å²) in [5.41, 5.74) is 3.75. The van der Waals surface area contributed by atoms with Gasteiger partial charge in [-0.15, -0.1) is 0 Å². The van der Waals surface area contributed by atoms with Gasteiger partial charge in [0.1, 0.15) is 0 Å². The third-order valence-corrected chi connectivity index (χ3v) is 6.92. The molecule has 0 bridgehead atoms. The van der Waals surface area contributed by atoms with Crippen LogP contribution in [0.2, 0.25) is 0 Å². The summed E-state index contributed by atoms with van der Waals surface area (Å²) in [5.74, 6) is 0.316. The number of nitrogens with zero attached hydrogens (tertiary/aromatic N) is 3. The minimum Gasteiger partial charge on any atom is -0.376 e. The van der Waals surface area contributed by atoms with Gasteiger partial charge in [-0.1, -0.05) is 42.0 Å². The highest BCUT2D eigenvalue weighted by atomic mass is 16.5. The summed E-state index contributed by atoms with van der Waals surface area (Å²) in [5, 5.41) is 3.06. The maximum atomic E-state index is 13.7. The zero-order valence-electron chi connectivity index (χ0n) is 19.7. The van der Waals surface area contributed by atoms with Gasteiger partial charge in [-0.25, -0.2) is 4.98 Å². The SMILES string of the molecule is Cc1ccc(Cn2c(=O)c(N3CCCC(C(=O)NCC4CCCO4)C3)nc3ccccc32)cc1. The Morgan fingerprint density at radius 2 is 1.94 bits per heavy atom. The van der Waals surface area contributed by atoms with E-state index in [2.05, 4.69) is 36.5 Å². The van der Waals surface area contributed by atoms with Crippen LogP contribution in [0.4, 0.5) is 5.82 Å². The fourth-order valence-corrected chi connectivity index (χ4v) is 4.97. The summed E-state index contributed by atoms with van der Waals surface area (Å²) < 4.78 is 7.44. The maximum Gasteiger partial charge on any atom is 0.294 e. The van der Waals surface area contributed by atoms with Crippen molar-refractivity contribution in [3.8, 4) is 0 Å². The molecular weight excluding hydrogens is 428 g/mol. The van der Waals surface area contributed by atoms with Crippen LogP contribution in [0.25, 0.3) is 11.0 Å². The van der Waals surface area contributed by atoms with Crippen LogP contribution in [-0.2, 0) is 16.1 Å². The fraction of sp³-hybridized carbons (Fsp3) is 0.444. The van der Waals surface area contributed by atoms with Gasteiger partial charge < -0.3 is 15.0 Å². The van der Waals surface area contributed by atoms with Crippen molar-refractivity contribution in [2.45, 2.75) is 45.3 Å². The van der Waals surface area contributed by atoms with Gasteiger partial charge in [0.2, 0.25) is 5.91 Å². The molecule has 7 heteroatoms. The lowest BCUT2D eigenvalue weighted by atomic mass is 9.97. The molecule has 2 aliphatic heterocycles. The molecule has 2 fully saturated rings. The Morgan fingerprint density at radius 3 is 2.74 bits per heavy atom. The van der Waals surface area contributed by atoms with Gasteiger partial charge in [0, 0.05) is 26.2 Å². The Kier molecular flexibility index (Phi) is 6.63. The number of hydrogen-bond donors (Lipinski definition) is 1. The van der Waals surface area contributed by atoms with Crippen molar-refractivity contribution in [1.82, 2.24) is 14.9 Å². The average molecular weight is 461 g/mol. The smallest absolute Gasteiger partial charge is 0.294 e. The van der Waals surface area contributed by atoms with Crippen LogP contribution in [0.15, 0.2) is 53.3 Å². The van der Waals surface area contributed by atoms with E-state index in [0.29, 0.717) is 25.5 Å². The van der Waals surface area contributed by atoms with Crippen molar-refractivity contribution >= 4 is 22.8 Å². The van der Waals surface area contributed by atoms with Crippen LogP contribution in [-0.4, -0.2) is 47.8 Å². The fourth-order valence-electron chi connectivity index (χ4n) is 4.97. The Morgan fingerprint density at radius 1 is 1.12 bits per heavy atom. The molecule has 3 aromatic rings. The van der Waals surface area contributed by atoms with E-state index in [0.717, 1.165) is 55.4 Å². The zero-order chi connectivity index (χ0) is 23.5. The van der Waals surface area contributed by atoms with E-state index < -0.39 is 0 Å². The average Bonchev–Trinajstić information content (AvgIpc) is 3.39. The number of anilines is 1. The van der Waals surface area contributed by atoms with E-state index in [1.165, 1.54) is 5.56 Å². The van der Waals surface area contributed by atoms with Crippen LogP contribution in [0, 0.1) is 12.8 Å². The molecule has 3 heterocycles. The minimum atomic E-state index is -0.159. The summed E-state index contributed by atoms with van der Waals surface area (Å²) in [6.45, 7) is 5.10. The summed E-state index contributed by atoms with van der Waals surface area (Å²) in [6, 6.07) is 16.0. The topological polar surface area (TPSA) is 76.5 Å². The van der Waals surface area contributed by atoms with E-state index in [9.17, 15) is 9.59 Å². The number of para-hydroxylation sites is 2. The van der Waals surface area contributed by atoms with Crippen LogP contribution in [0.1, 0.15) is 36.8 Å². The van der Waals surface area contributed by atoms with Gasteiger partial charge in [0.25, 0.3) is 5.56 Å². The molecule has 2 aliphatic rings. The van der Waals surface area contributed by atoms with Crippen molar-refractivity contribution in [2.24, 2.45) is 5.92 Å². The molecule has 34 heavy (non-hydrogen) atoms. The zero-order valence-corrected chi connectivity index (χ0v) is 19.7. The van der Waals surface area contributed by atoms with Crippen LogP contribution in [0.5, 0.6) is 0 Å². The Hall–Kier alpha value is -3.19. The Labute approximate surface area is 199 Å². The van der Waals surface area contributed by atoms with E-state index in [-0.39, 0.29) is 23.5 Å². The molecular formula is C27H32N4O3. The minimum absolute atomic E-state index is 0.0426. The maximum absolute atomic E-state index is 13.7. The van der Waals surface area contributed by atoms with Crippen molar-refractivity contribution < 1.29 is 9.53 Å². The van der Waals surface area contributed by atoms with Gasteiger partial charge in [-0.2, -0.15) is 0 Å². The number of nitrogens with one attached hydrogen (secondary N) is 1. The highest BCUT2D eigenvalue weighted by Crippen LogP contribution is 2.23. The first-order valence-electron chi connectivity index (χ1n) is 12.3. The molecule has 7 nitrogen and oxygen atoms in total. The van der Waals surface area contributed by atoms with Gasteiger partial charge in [-0.3, -0.25) is 14.2 Å². The number of rotatable bonds is 6. The van der Waals surface area contributed by atoms with E-state index in [1.54, 1.807) is 0 Å². The van der Waals surface area contributed by atoms with Crippen LogP contribution < -0.4 is 15.8 Å². The quantitative estimate of drug-likeness (QED) is 0.611. The number of benzene rings is 2. The standard InChI is InChI=1S/C27H32N4O3/c1-19-10-12-20(13-11-19)17-31-24-9-3-2-8-23(24)29-25(27(31)33)30-14-4-6-21(18-30)26(32)28-16-22-7-5-15-34-22/h2-3,8-13,21-22H,4-7,14-18H2,1H3,(H,28,32). The number of aryl methyl sites for hydroxylation is 1. The first kappa shape index (κ1) is 22.6. The number of carbonyl (C=O) groups excluding carboxylic acids is 1. The predicted octanol–water partition coefficient (Wildman–Crippen LogP) is 3.26. The molecule has 5 rings (SSSR count). The summed E-state index contributed by atoms with van der Waals surface area (Å²) >= 11 is 0. The molecule has 1 N–H and O–H groups in total. The lowest BCUT2D eigenvalue weighted by Crippen LogP contribution is -2.46. The third kappa shape index (κ3) is 4.85. The van der Waals surface area contributed by atoms with E-state index >= 15 is 0 Å². The van der Waals surface area contributed by atoms with E-state index in [1.807, 2.05) is 33.7 Å². The number of ether oxygens (including phenoxy) is 1. The molecule has 0 radical (unpaired) electrons. The molecule has 2 saturated heterocycles. The number of piperidine rings is 1. The van der Waals surface area contributed by atoms with Crippen molar-refractivity contribution in [3.05, 3.63) is 70.0 Å². The molecule has 0 spiro atoms. The van der Waals surface area contributed by atoms with Gasteiger partial charge >= 0.3 is 0 Å². The molecule has 178 valence electrons. The number of carbonyl (C=O) groups is 1. The largest absolute Gasteiger partial charge is 0.376 e. The molecule has 2 aromatic carbocycles. The normalized spacial score (nSPS) is 20.6. The van der Waals surface area contributed by atoms with Gasteiger partial charge in [0.05, 0.1) is 29.6 Å². The van der Waals surface area contributed by atoms with Crippen LogP contribution >= 0.6 is 0 Å². The number of aromatic nitrogens is 2. The number of fused-ring (bicyclic) bond motifs is 1. The number of amides is 1. The lowest BCUT2D eigenvalue weighted by Gasteiger charge is -2.33. The summed E-state index contributed by atoms with van der Waals surface area (Å²) in [4.78, 5) is 33.3. The second-order valence-electron chi connectivity index (χ2n) is 9.47. The van der Waals surface area contributed by atoms with E-state index in [4.69, 9.17) is 9.72 Å². The summed E-state index contributed by atoms with van der Waals surface area (Å²) in [7, 11) is 0. The Balaban J connectivity index is 1.40. The van der Waals surface area contributed by atoms with Gasteiger partial charge in [0.15, 0.2) is 5.82 Å². The molecule has 0 aliphatic carbocycles. The first-order chi connectivity index (χ1) is 16.6. The number of hydrogen-bond acceptors (Lipinski definition) is 5. The second kappa shape index (κ2) is 9.97. The predicted molar refractivity (Wildman–Crippen MR) is 133 cm³/mol. The molecule has 2 unspecified atom stereocenters.